The van der Waals surface area contributed by atoms with Crippen LogP contribution in [-0.4, -0.2) is 28.7 Å². The van der Waals surface area contributed by atoms with Gasteiger partial charge in [-0.1, -0.05) is 0 Å². The molecule has 0 spiro atoms. The minimum absolute atomic E-state index is 0.608. The van der Waals surface area contributed by atoms with Crippen molar-refractivity contribution in [3.8, 4) is 0 Å². The average Bonchev–Trinajstić information content (AvgIpc) is 2.97. The highest BCUT2D eigenvalue weighted by Crippen LogP contribution is 2.29. The van der Waals surface area contributed by atoms with Gasteiger partial charge in [0, 0.05) is 25.3 Å². The molecule has 1 fully saturated rings. The molecule has 1 unspecified atom stereocenters. The first-order valence-electron chi connectivity index (χ1n) is 6.67. The SMILES string of the molecule is Cn1cnc2cc(N3CCCC3CCN)ccc21. The lowest BCUT2D eigenvalue weighted by atomic mass is 10.1. The van der Waals surface area contributed by atoms with Crippen LogP contribution in [0, 0.1) is 0 Å². The molecule has 2 heterocycles. The molecule has 1 atom stereocenters. The molecular formula is C14H20N4. The van der Waals surface area contributed by atoms with Crippen LogP contribution in [0.15, 0.2) is 24.5 Å². The molecule has 1 aromatic carbocycles. The third-order valence-corrected chi connectivity index (χ3v) is 3.92. The van der Waals surface area contributed by atoms with E-state index in [4.69, 9.17) is 5.73 Å². The quantitative estimate of drug-likeness (QED) is 0.897. The van der Waals surface area contributed by atoms with E-state index in [1.807, 2.05) is 13.4 Å². The van der Waals surface area contributed by atoms with Gasteiger partial charge in [-0.25, -0.2) is 4.98 Å². The zero-order chi connectivity index (χ0) is 12.5. The molecule has 2 aromatic rings. The summed E-state index contributed by atoms with van der Waals surface area (Å²) >= 11 is 0. The van der Waals surface area contributed by atoms with Crippen molar-refractivity contribution in [1.29, 1.82) is 0 Å². The summed E-state index contributed by atoms with van der Waals surface area (Å²) in [6, 6.07) is 7.18. The Bertz CT molecular complexity index is 546. The molecule has 0 saturated carbocycles. The van der Waals surface area contributed by atoms with Crippen LogP contribution >= 0.6 is 0 Å². The smallest absolute Gasteiger partial charge is 0.0955 e. The third kappa shape index (κ3) is 1.86. The summed E-state index contributed by atoms with van der Waals surface area (Å²) in [7, 11) is 2.03. The Hall–Kier alpha value is -1.55. The Balaban J connectivity index is 1.93. The number of benzene rings is 1. The summed E-state index contributed by atoms with van der Waals surface area (Å²) < 4.78 is 2.06. The standard InChI is InChI=1S/C14H20N4/c1-17-10-16-13-9-12(4-5-14(13)17)18-8-2-3-11(18)6-7-15/h4-5,9-11H,2-3,6-8,15H2,1H3. The fraction of sp³-hybridized carbons (Fsp3) is 0.500. The largest absolute Gasteiger partial charge is 0.368 e. The van der Waals surface area contributed by atoms with E-state index in [9.17, 15) is 0 Å². The first kappa shape index (κ1) is 11.5. The van der Waals surface area contributed by atoms with E-state index in [2.05, 4.69) is 32.7 Å². The van der Waals surface area contributed by atoms with Crippen LogP contribution in [-0.2, 0) is 7.05 Å². The van der Waals surface area contributed by atoms with Crippen molar-refractivity contribution < 1.29 is 0 Å². The lowest BCUT2D eigenvalue weighted by Gasteiger charge is -2.26. The number of hydrogen-bond donors (Lipinski definition) is 1. The highest BCUT2D eigenvalue weighted by Gasteiger charge is 2.24. The predicted octanol–water partition coefficient (Wildman–Crippen LogP) is 1.89. The number of imidazole rings is 1. The maximum absolute atomic E-state index is 5.70. The van der Waals surface area contributed by atoms with Crippen LogP contribution in [0.25, 0.3) is 11.0 Å². The Labute approximate surface area is 107 Å². The monoisotopic (exact) mass is 244 g/mol. The second-order valence-corrected chi connectivity index (χ2v) is 5.10. The summed E-state index contributed by atoms with van der Waals surface area (Å²) in [6.07, 6.45) is 5.48. The molecule has 1 aliphatic rings. The fourth-order valence-corrected chi connectivity index (χ4v) is 2.97. The molecule has 4 heteroatoms. The normalized spacial score (nSPS) is 19.9. The Morgan fingerprint density at radius 3 is 3.17 bits per heavy atom. The van der Waals surface area contributed by atoms with E-state index in [1.165, 1.54) is 24.0 Å². The second kappa shape index (κ2) is 4.61. The molecule has 0 amide bonds. The average molecular weight is 244 g/mol. The fourth-order valence-electron chi connectivity index (χ4n) is 2.97. The van der Waals surface area contributed by atoms with Crippen molar-refractivity contribution in [3.63, 3.8) is 0 Å². The van der Waals surface area contributed by atoms with Gasteiger partial charge < -0.3 is 15.2 Å². The van der Waals surface area contributed by atoms with Gasteiger partial charge in [0.05, 0.1) is 17.4 Å². The van der Waals surface area contributed by atoms with Crippen molar-refractivity contribution in [2.75, 3.05) is 18.0 Å². The van der Waals surface area contributed by atoms with Gasteiger partial charge in [-0.05, 0) is 44.0 Å². The molecular weight excluding hydrogens is 224 g/mol. The van der Waals surface area contributed by atoms with Gasteiger partial charge in [0.1, 0.15) is 0 Å². The molecule has 18 heavy (non-hydrogen) atoms. The van der Waals surface area contributed by atoms with E-state index in [0.717, 1.165) is 25.0 Å². The lowest BCUT2D eigenvalue weighted by molar-refractivity contribution is 0.619. The lowest BCUT2D eigenvalue weighted by Crippen LogP contribution is -2.30. The van der Waals surface area contributed by atoms with Gasteiger partial charge >= 0.3 is 0 Å². The molecule has 4 nitrogen and oxygen atoms in total. The molecule has 3 rings (SSSR count). The number of nitrogens with two attached hydrogens (primary N) is 1. The number of aryl methyl sites for hydroxylation is 1. The third-order valence-electron chi connectivity index (χ3n) is 3.92. The first-order chi connectivity index (χ1) is 8.79. The van der Waals surface area contributed by atoms with Gasteiger partial charge in [-0.15, -0.1) is 0 Å². The topological polar surface area (TPSA) is 47.1 Å². The van der Waals surface area contributed by atoms with Crippen LogP contribution in [0.1, 0.15) is 19.3 Å². The van der Waals surface area contributed by atoms with Gasteiger partial charge in [-0.2, -0.15) is 0 Å². The highest BCUT2D eigenvalue weighted by molar-refractivity contribution is 5.79. The van der Waals surface area contributed by atoms with E-state index < -0.39 is 0 Å². The number of nitrogens with zero attached hydrogens (tertiary/aromatic N) is 3. The maximum atomic E-state index is 5.70. The van der Waals surface area contributed by atoms with Crippen LogP contribution in [0.4, 0.5) is 5.69 Å². The predicted molar refractivity (Wildman–Crippen MR) is 74.8 cm³/mol. The number of fused-ring (bicyclic) bond motifs is 1. The van der Waals surface area contributed by atoms with Gasteiger partial charge in [0.2, 0.25) is 0 Å². The first-order valence-corrected chi connectivity index (χ1v) is 6.67. The highest BCUT2D eigenvalue weighted by atomic mass is 15.2. The number of aromatic nitrogens is 2. The van der Waals surface area contributed by atoms with Gasteiger partial charge in [0.15, 0.2) is 0 Å². The molecule has 0 bridgehead atoms. The van der Waals surface area contributed by atoms with Crippen molar-refractivity contribution in [2.45, 2.75) is 25.3 Å². The van der Waals surface area contributed by atoms with Crippen LogP contribution < -0.4 is 10.6 Å². The molecule has 0 aliphatic carbocycles. The Kier molecular flexibility index (Phi) is 2.96. The summed E-state index contributed by atoms with van der Waals surface area (Å²) in [4.78, 5) is 6.92. The van der Waals surface area contributed by atoms with E-state index in [0.29, 0.717) is 6.04 Å². The molecule has 1 aromatic heterocycles. The van der Waals surface area contributed by atoms with Crippen molar-refractivity contribution >= 4 is 16.7 Å². The number of hydrogen-bond acceptors (Lipinski definition) is 3. The van der Waals surface area contributed by atoms with Gasteiger partial charge in [0.25, 0.3) is 0 Å². The van der Waals surface area contributed by atoms with Crippen molar-refractivity contribution in [2.24, 2.45) is 12.8 Å². The molecule has 1 aliphatic heterocycles. The molecule has 96 valence electrons. The number of anilines is 1. The minimum Gasteiger partial charge on any atom is -0.368 e. The van der Waals surface area contributed by atoms with Crippen LogP contribution in [0.2, 0.25) is 0 Å². The Morgan fingerprint density at radius 1 is 1.44 bits per heavy atom. The zero-order valence-corrected chi connectivity index (χ0v) is 10.8. The van der Waals surface area contributed by atoms with Crippen LogP contribution in [0.3, 0.4) is 0 Å². The Morgan fingerprint density at radius 2 is 2.33 bits per heavy atom. The van der Waals surface area contributed by atoms with Crippen molar-refractivity contribution in [1.82, 2.24) is 9.55 Å². The summed E-state index contributed by atoms with van der Waals surface area (Å²) in [6.45, 7) is 1.91. The summed E-state index contributed by atoms with van der Waals surface area (Å²) in [5.41, 5.74) is 9.25. The van der Waals surface area contributed by atoms with E-state index in [1.54, 1.807) is 0 Å². The minimum atomic E-state index is 0.608. The van der Waals surface area contributed by atoms with E-state index >= 15 is 0 Å². The zero-order valence-electron chi connectivity index (χ0n) is 10.8. The summed E-state index contributed by atoms with van der Waals surface area (Å²) in [5.74, 6) is 0. The molecule has 1 saturated heterocycles. The van der Waals surface area contributed by atoms with Crippen molar-refractivity contribution in [3.05, 3.63) is 24.5 Å². The van der Waals surface area contributed by atoms with Crippen LogP contribution in [0.5, 0.6) is 0 Å². The molecule has 0 radical (unpaired) electrons. The number of rotatable bonds is 3. The summed E-state index contributed by atoms with van der Waals surface area (Å²) in [5, 5.41) is 0. The van der Waals surface area contributed by atoms with E-state index in [-0.39, 0.29) is 0 Å². The van der Waals surface area contributed by atoms with Gasteiger partial charge in [-0.3, -0.25) is 0 Å². The maximum Gasteiger partial charge on any atom is 0.0955 e. The molecule has 2 N–H and O–H groups in total. The second-order valence-electron chi connectivity index (χ2n) is 5.10.